The maximum Gasteiger partial charge on any atom is 0.126 e. The highest BCUT2D eigenvalue weighted by Gasteiger charge is 2.25. The number of benzene rings is 6. The Kier molecular flexibility index (Phi) is 8.30. The average Bonchev–Trinajstić information content (AvgIpc) is 3.50. The van der Waals surface area contributed by atoms with E-state index in [1.54, 1.807) is 0 Å². The van der Waals surface area contributed by atoms with Gasteiger partial charge in [-0.1, -0.05) is 146 Å². The molecule has 0 atom stereocenters. The van der Waals surface area contributed by atoms with E-state index < -0.39 is 0 Å². The Balaban J connectivity index is 1.21. The molecule has 1 aromatic heterocycles. The molecule has 2 N–H and O–H groups in total. The molecule has 6 aromatic carbocycles. The summed E-state index contributed by atoms with van der Waals surface area (Å²) in [7, 11) is 0. The first-order valence-electron chi connectivity index (χ1n) is 17.0. The van der Waals surface area contributed by atoms with Crippen LogP contribution in [-0.4, -0.2) is 11.1 Å². The predicted octanol–water partition coefficient (Wildman–Crippen LogP) is 11.7. The Morgan fingerprint density at radius 3 is 1.92 bits per heavy atom. The Labute approximate surface area is 293 Å². The summed E-state index contributed by atoms with van der Waals surface area (Å²) in [5.74, 6) is 1.11. The maximum absolute atomic E-state index is 6.85. The quantitative estimate of drug-likeness (QED) is 0.175. The standard InChI is InChI=1S/C47H37N3/c1-34-28-29-43-42-24-12-14-27-46(42)50(40-21-9-4-10-22-40)47(43)49(45-26-13-11-23-41(34)45)30-16-15-25-44(48)39-32-37(35-17-5-2-6-18-35)31-38(33-39)36-19-7-3-8-20-36/h2-29,31-33H,1,30,48H2/b16-15-,29-28-,44-25-. The molecule has 0 radical (unpaired) electrons. The molecule has 50 heavy (non-hydrogen) atoms. The molecule has 1 aliphatic rings. The molecule has 7 aromatic rings. The van der Waals surface area contributed by atoms with Gasteiger partial charge >= 0.3 is 0 Å². The molecule has 8 rings (SSSR count). The number of anilines is 2. The fraction of sp³-hybridized carbons (Fsp3) is 0.0213. The smallest absolute Gasteiger partial charge is 0.126 e. The molecule has 0 saturated carbocycles. The van der Waals surface area contributed by atoms with Gasteiger partial charge in [0.2, 0.25) is 0 Å². The molecule has 0 bridgehead atoms. The van der Waals surface area contributed by atoms with Crippen LogP contribution < -0.4 is 10.6 Å². The van der Waals surface area contributed by atoms with E-state index in [9.17, 15) is 0 Å². The molecule has 2 heterocycles. The van der Waals surface area contributed by atoms with Gasteiger partial charge in [-0.3, -0.25) is 4.57 Å². The third-order valence-corrected chi connectivity index (χ3v) is 9.33. The molecule has 1 aliphatic heterocycles. The van der Waals surface area contributed by atoms with Crippen LogP contribution in [0.4, 0.5) is 11.5 Å². The number of fused-ring (bicyclic) bond motifs is 4. The van der Waals surface area contributed by atoms with Crippen molar-refractivity contribution >= 4 is 39.8 Å². The van der Waals surface area contributed by atoms with Gasteiger partial charge in [-0.25, -0.2) is 0 Å². The van der Waals surface area contributed by atoms with E-state index >= 15 is 0 Å². The second-order valence-electron chi connectivity index (χ2n) is 12.5. The average molecular weight is 644 g/mol. The lowest BCUT2D eigenvalue weighted by molar-refractivity contribution is 0.992. The van der Waals surface area contributed by atoms with Crippen molar-refractivity contribution in [1.82, 2.24) is 4.57 Å². The number of aromatic nitrogens is 1. The third kappa shape index (κ3) is 5.86. The number of hydrogen-bond donors (Lipinski definition) is 1. The summed E-state index contributed by atoms with van der Waals surface area (Å²) in [5, 5.41) is 1.19. The first-order chi connectivity index (χ1) is 24.7. The van der Waals surface area contributed by atoms with Crippen molar-refractivity contribution in [2.24, 2.45) is 5.73 Å². The van der Waals surface area contributed by atoms with Crippen LogP contribution in [0.1, 0.15) is 16.7 Å². The summed E-state index contributed by atoms with van der Waals surface area (Å²) in [5.41, 5.74) is 19.7. The van der Waals surface area contributed by atoms with Crippen LogP contribution >= 0.6 is 0 Å². The second-order valence-corrected chi connectivity index (χ2v) is 12.5. The highest BCUT2D eigenvalue weighted by atomic mass is 15.3. The minimum absolute atomic E-state index is 0.622. The zero-order valence-electron chi connectivity index (χ0n) is 27.8. The lowest BCUT2D eigenvalue weighted by Crippen LogP contribution is -2.22. The summed E-state index contributed by atoms with van der Waals surface area (Å²) >= 11 is 0. The Morgan fingerprint density at radius 2 is 1.22 bits per heavy atom. The molecule has 240 valence electrons. The van der Waals surface area contributed by atoms with E-state index in [-0.39, 0.29) is 0 Å². The van der Waals surface area contributed by atoms with Gasteiger partial charge in [0, 0.05) is 34.4 Å². The molecule has 0 saturated heterocycles. The molecule has 3 heteroatoms. The first-order valence-corrected chi connectivity index (χ1v) is 17.0. The van der Waals surface area contributed by atoms with Crippen molar-refractivity contribution in [1.29, 1.82) is 0 Å². The summed E-state index contributed by atoms with van der Waals surface area (Å²) in [6.07, 6.45) is 10.6. The Hall–Kier alpha value is -6.58. The van der Waals surface area contributed by atoms with Crippen molar-refractivity contribution in [3.05, 3.63) is 205 Å². The van der Waals surface area contributed by atoms with Gasteiger partial charge in [0.25, 0.3) is 0 Å². The zero-order valence-corrected chi connectivity index (χ0v) is 27.8. The lowest BCUT2D eigenvalue weighted by Gasteiger charge is -2.30. The van der Waals surface area contributed by atoms with E-state index in [2.05, 4.69) is 186 Å². The number of para-hydroxylation sites is 3. The SMILES string of the molecule is C=C1/C=C\c2c(n(-c3ccccc3)c3ccccc23)N(C/C=C\C=C(/N)c2cc(-c3ccccc3)cc(-c3ccccc3)c2)c2ccccc21. The van der Waals surface area contributed by atoms with Crippen molar-refractivity contribution in [2.75, 3.05) is 11.4 Å². The van der Waals surface area contributed by atoms with Crippen molar-refractivity contribution in [2.45, 2.75) is 0 Å². The lowest BCUT2D eigenvalue weighted by atomic mass is 9.95. The van der Waals surface area contributed by atoms with Gasteiger partial charge in [-0.05, 0) is 81.9 Å². The van der Waals surface area contributed by atoms with Crippen LogP contribution in [-0.2, 0) is 0 Å². The van der Waals surface area contributed by atoms with E-state index in [0.29, 0.717) is 12.2 Å². The number of nitrogens with two attached hydrogens (primary N) is 1. The summed E-state index contributed by atoms with van der Waals surface area (Å²) in [6, 6.07) is 55.3. The molecule has 0 fully saturated rings. The molecule has 3 nitrogen and oxygen atoms in total. The Morgan fingerprint density at radius 1 is 0.620 bits per heavy atom. The van der Waals surface area contributed by atoms with Gasteiger partial charge in [0.1, 0.15) is 5.82 Å². The first kappa shape index (κ1) is 30.7. The largest absolute Gasteiger partial charge is 0.398 e. The molecule has 0 amide bonds. The monoisotopic (exact) mass is 643 g/mol. The number of allylic oxidation sites excluding steroid dienone is 4. The van der Waals surface area contributed by atoms with Crippen LogP contribution in [0.25, 0.3) is 56.2 Å². The topological polar surface area (TPSA) is 34.2 Å². The van der Waals surface area contributed by atoms with E-state index in [1.165, 1.54) is 5.39 Å². The van der Waals surface area contributed by atoms with Crippen molar-refractivity contribution in [3.63, 3.8) is 0 Å². The van der Waals surface area contributed by atoms with Crippen LogP contribution in [0, 0.1) is 0 Å². The van der Waals surface area contributed by atoms with Gasteiger partial charge in [0.05, 0.1) is 11.2 Å². The predicted molar refractivity (Wildman–Crippen MR) is 213 cm³/mol. The summed E-state index contributed by atoms with van der Waals surface area (Å²) < 4.78 is 2.37. The molecular formula is C47H37N3. The molecule has 0 spiro atoms. The van der Waals surface area contributed by atoms with E-state index in [0.717, 1.165) is 67.2 Å². The van der Waals surface area contributed by atoms with Crippen LogP contribution in [0.5, 0.6) is 0 Å². The number of rotatable bonds is 7. The normalized spacial score (nSPS) is 13.6. The van der Waals surface area contributed by atoms with E-state index in [1.807, 2.05) is 18.2 Å². The maximum atomic E-state index is 6.85. The van der Waals surface area contributed by atoms with Crippen LogP contribution in [0.2, 0.25) is 0 Å². The summed E-state index contributed by atoms with van der Waals surface area (Å²) in [6.45, 7) is 5.08. The van der Waals surface area contributed by atoms with Gasteiger partial charge in [0.15, 0.2) is 0 Å². The minimum Gasteiger partial charge on any atom is -0.398 e. The molecule has 0 unspecified atom stereocenters. The van der Waals surface area contributed by atoms with E-state index in [4.69, 9.17) is 5.73 Å². The zero-order chi connectivity index (χ0) is 33.9. The van der Waals surface area contributed by atoms with Gasteiger partial charge < -0.3 is 10.6 Å². The third-order valence-electron chi connectivity index (χ3n) is 9.33. The fourth-order valence-electron chi connectivity index (χ4n) is 6.90. The Bertz CT molecular complexity index is 2350. The minimum atomic E-state index is 0.622. The summed E-state index contributed by atoms with van der Waals surface area (Å²) in [4.78, 5) is 2.40. The fourth-order valence-corrected chi connectivity index (χ4v) is 6.90. The molecule has 0 aliphatic carbocycles. The van der Waals surface area contributed by atoms with Gasteiger partial charge in [-0.15, -0.1) is 0 Å². The van der Waals surface area contributed by atoms with Gasteiger partial charge in [-0.2, -0.15) is 0 Å². The van der Waals surface area contributed by atoms with Crippen molar-refractivity contribution in [3.8, 4) is 27.9 Å². The number of hydrogen-bond acceptors (Lipinski definition) is 2. The highest BCUT2D eigenvalue weighted by molar-refractivity contribution is 6.02. The number of nitrogens with zero attached hydrogens (tertiary/aromatic N) is 2. The van der Waals surface area contributed by atoms with Crippen molar-refractivity contribution < 1.29 is 0 Å². The molecular weight excluding hydrogens is 607 g/mol. The second kappa shape index (κ2) is 13.5. The van der Waals surface area contributed by atoms with Crippen LogP contribution in [0.15, 0.2) is 189 Å². The van der Waals surface area contributed by atoms with Crippen LogP contribution in [0.3, 0.4) is 0 Å². The highest BCUT2D eigenvalue weighted by Crippen LogP contribution is 2.43.